The number of hydrogen-bond acceptors (Lipinski definition) is 4. The first-order valence-corrected chi connectivity index (χ1v) is 5.44. The van der Waals surface area contributed by atoms with Crippen molar-refractivity contribution in [3.8, 4) is 0 Å². The van der Waals surface area contributed by atoms with Crippen LogP contribution in [0.15, 0.2) is 6.33 Å². The summed E-state index contributed by atoms with van der Waals surface area (Å²) in [5.74, 6) is -0.299. The van der Waals surface area contributed by atoms with Crippen molar-refractivity contribution in [2.75, 3.05) is 11.9 Å². The van der Waals surface area contributed by atoms with Crippen molar-refractivity contribution in [1.29, 1.82) is 0 Å². The van der Waals surface area contributed by atoms with Gasteiger partial charge in [0.15, 0.2) is 11.6 Å². The van der Waals surface area contributed by atoms with Gasteiger partial charge in [0.05, 0.1) is 17.8 Å². The number of aromatic nitrogens is 2. The summed E-state index contributed by atoms with van der Waals surface area (Å²) < 4.78 is 13.7. The minimum absolute atomic E-state index is 0.0531. The standard InChI is InChI=1S/C11H18FN3O/c1-4-11(5-2,6-16)15-10-9(12)8(3)13-7-14-10/h7,16H,4-6H2,1-3H3,(H,13,14,15). The third-order valence-corrected chi connectivity index (χ3v) is 3.00. The molecule has 0 spiro atoms. The number of hydrogen-bond donors (Lipinski definition) is 2. The van der Waals surface area contributed by atoms with Crippen molar-refractivity contribution in [1.82, 2.24) is 9.97 Å². The molecule has 0 fully saturated rings. The maximum absolute atomic E-state index is 13.7. The van der Waals surface area contributed by atoms with Gasteiger partial charge in [0, 0.05) is 0 Å². The second kappa shape index (κ2) is 5.21. The van der Waals surface area contributed by atoms with Crippen LogP contribution in [-0.2, 0) is 0 Å². The van der Waals surface area contributed by atoms with Gasteiger partial charge in [-0.1, -0.05) is 13.8 Å². The molecule has 0 radical (unpaired) electrons. The van der Waals surface area contributed by atoms with E-state index in [1.807, 2.05) is 13.8 Å². The fraction of sp³-hybridized carbons (Fsp3) is 0.636. The lowest BCUT2D eigenvalue weighted by molar-refractivity contribution is 0.201. The van der Waals surface area contributed by atoms with Crippen LogP contribution < -0.4 is 5.32 Å². The Kier molecular flexibility index (Phi) is 4.18. The normalized spacial score (nSPS) is 11.6. The van der Waals surface area contributed by atoms with Crippen LogP contribution >= 0.6 is 0 Å². The van der Waals surface area contributed by atoms with Crippen LogP contribution in [0.1, 0.15) is 32.4 Å². The monoisotopic (exact) mass is 227 g/mol. The van der Waals surface area contributed by atoms with Crippen molar-refractivity contribution in [3.05, 3.63) is 17.8 Å². The average molecular weight is 227 g/mol. The second-order valence-electron chi connectivity index (χ2n) is 3.89. The third kappa shape index (κ3) is 2.47. The van der Waals surface area contributed by atoms with E-state index in [2.05, 4.69) is 15.3 Å². The molecule has 0 saturated heterocycles. The summed E-state index contributed by atoms with van der Waals surface area (Å²) in [6.07, 6.45) is 2.71. The van der Waals surface area contributed by atoms with Crippen LogP contribution in [0.3, 0.4) is 0 Å². The maximum Gasteiger partial charge on any atom is 0.186 e. The molecule has 1 rings (SSSR count). The molecule has 2 N–H and O–H groups in total. The van der Waals surface area contributed by atoms with E-state index in [1.54, 1.807) is 6.92 Å². The number of rotatable bonds is 5. The molecule has 0 aliphatic rings. The number of nitrogens with zero attached hydrogens (tertiary/aromatic N) is 2. The zero-order valence-corrected chi connectivity index (χ0v) is 9.92. The summed E-state index contributed by atoms with van der Waals surface area (Å²) in [7, 11) is 0. The van der Waals surface area contributed by atoms with E-state index < -0.39 is 11.4 Å². The summed E-state index contributed by atoms with van der Waals surface area (Å²) in [5, 5.41) is 12.3. The Hall–Kier alpha value is -1.23. The lowest BCUT2D eigenvalue weighted by atomic mass is 9.94. The predicted molar refractivity (Wildman–Crippen MR) is 60.7 cm³/mol. The number of aryl methyl sites for hydroxylation is 1. The van der Waals surface area contributed by atoms with Gasteiger partial charge >= 0.3 is 0 Å². The quantitative estimate of drug-likeness (QED) is 0.806. The molecule has 0 amide bonds. The Balaban J connectivity index is 2.98. The lowest BCUT2D eigenvalue weighted by Gasteiger charge is -2.31. The molecule has 5 heteroatoms. The smallest absolute Gasteiger partial charge is 0.186 e. The molecule has 4 nitrogen and oxygen atoms in total. The maximum atomic E-state index is 13.7. The Morgan fingerprint density at radius 2 is 2.00 bits per heavy atom. The molecule has 0 bridgehead atoms. The molecule has 90 valence electrons. The summed E-state index contributed by atoms with van der Waals surface area (Å²) >= 11 is 0. The average Bonchev–Trinajstić information content (AvgIpc) is 2.32. The highest BCUT2D eigenvalue weighted by Crippen LogP contribution is 2.22. The first kappa shape index (κ1) is 12.8. The highest BCUT2D eigenvalue weighted by Gasteiger charge is 2.26. The zero-order valence-electron chi connectivity index (χ0n) is 9.92. The summed E-state index contributed by atoms with van der Waals surface area (Å²) in [4.78, 5) is 7.62. The molecule has 0 unspecified atom stereocenters. The molecular weight excluding hydrogens is 209 g/mol. The SMILES string of the molecule is CCC(CC)(CO)Nc1ncnc(C)c1F. The summed E-state index contributed by atoms with van der Waals surface area (Å²) in [6.45, 7) is 5.42. The van der Waals surface area contributed by atoms with Crippen molar-refractivity contribution in [2.24, 2.45) is 0 Å². The van der Waals surface area contributed by atoms with Crippen molar-refractivity contribution in [2.45, 2.75) is 39.2 Å². The van der Waals surface area contributed by atoms with Crippen molar-refractivity contribution < 1.29 is 9.50 Å². The number of anilines is 1. The molecule has 0 atom stereocenters. The van der Waals surface area contributed by atoms with E-state index in [9.17, 15) is 9.50 Å². The Bertz CT molecular complexity index is 345. The largest absolute Gasteiger partial charge is 0.394 e. The third-order valence-electron chi connectivity index (χ3n) is 3.00. The van der Waals surface area contributed by atoms with E-state index in [1.165, 1.54) is 6.33 Å². The summed E-state index contributed by atoms with van der Waals surface area (Å²) in [5.41, 5.74) is -0.210. The van der Waals surface area contributed by atoms with Crippen LogP contribution in [0, 0.1) is 12.7 Å². The first-order valence-electron chi connectivity index (χ1n) is 5.44. The van der Waals surface area contributed by atoms with Gasteiger partial charge in [0.1, 0.15) is 6.33 Å². The van der Waals surface area contributed by atoms with Gasteiger partial charge < -0.3 is 10.4 Å². The summed E-state index contributed by atoms with van der Waals surface area (Å²) in [6, 6.07) is 0. The number of nitrogens with one attached hydrogen (secondary N) is 1. The van der Waals surface area contributed by atoms with Gasteiger partial charge in [-0.2, -0.15) is 0 Å². The second-order valence-corrected chi connectivity index (χ2v) is 3.89. The fourth-order valence-electron chi connectivity index (χ4n) is 1.49. The molecule has 16 heavy (non-hydrogen) atoms. The molecule has 0 aliphatic carbocycles. The van der Waals surface area contributed by atoms with E-state index >= 15 is 0 Å². The predicted octanol–water partition coefficient (Wildman–Crippen LogP) is 1.89. The van der Waals surface area contributed by atoms with Crippen molar-refractivity contribution >= 4 is 5.82 Å². The molecule has 0 aliphatic heterocycles. The number of aliphatic hydroxyl groups excluding tert-OH is 1. The van der Waals surface area contributed by atoms with Gasteiger partial charge in [0.2, 0.25) is 0 Å². The molecular formula is C11H18FN3O. The van der Waals surface area contributed by atoms with E-state index in [0.29, 0.717) is 18.5 Å². The van der Waals surface area contributed by atoms with Gasteiger partial charge in [-0.25, -0.2) is 14.4 Å². The van der Waals surface area contributed by atoms with Crippen LogP contribution in [0.4, 0.5) is 10.2 Å². The zero-order chi connectivity index (χ0) is 12.2. The van der Waals surface area contributed by atoms with Crippen LogP contribution in [0.5, 0.6) is 0 Å². The Morgan fingerprint density at radius 3 is 2.50 bits per heavy atom. The van der Waals surface area contributed by atoms with Crippen LogP contribution in [-0.4, -0.2) is 27.2 Å². The minimum atomic E-state index is -0.512. The van der Waals surface area contributed by atoms with Crippen LogP contribution in [0.25, 0.3) is 0 Å². The number of aliphatic hydroxyl groups is 1. The molecule has 1 aromatic heterocycles. The first-order chi connectivity index (χ1) is 7.58. The lowest BCUT2D eigenvalue weighted by Crippen LogP contribution is -2.41. The van der Waals surface area contributed by atoms with Gasteiger partial charge in [0.25, 0.3) is 0 Å². The Labute approximate surface area is 94.9 Å². The Morgan fingerprint density at radius 1 is 1.38 bits per heavy atom. The van der Waals surface area contributed by atoms with Crippen molar-refractivity contribution in [3.63, 3.8) is 0 Å². The highest BCUT2D eigenvalue weighted by molar-refractivity contribution is 5.40. The number of halogens is 1. The van der Waals surface area contributed by atoms with Gasteiger partial charge in [-0.3, -0.25) is 0 Å². The van der Waals surface area contributed by atoms with Gasteiger partial charge in [-0.05, 0) is 19.8 Å². The van der Waals surface area contributed by atoms with E-state index in [0.717, 1.165) is 0 Å². The van der Waals surface area contributed by atoms with E-state index in [4.69, 9.17) is 0 Å². The van der Waals surface area contributed by atoms with Gasteiger partial charge in [-0.15, -0.1) is 0 Å². The highest BCUT2D eigenvalue weighted by atomic mass is 19.1. The topological polar surface area (TPSA) is 58.0 Å². The molecule has 0 saturated carbocycles. The fourth-order valence-corrected chi connectivity index (χ4v) is 1.49. The molecule has 1 aromatic rings. The molecule has 1 heterocycles. The molecule has 0 aromatic carbocycles. The van der Waals surface area contributed by atoms with Crippen LogP contribution in [0.2, 0.25) is 0 Å². The van der Waals surface area contributed by atoms with E-state index in [-0.39, 0.29) is 12.4 Å². The minimum Gasteiger partial charge on any atom is -0.394 e.